The van der Waals surface area contributed by atoms with Gasteiger partial charge in [0.25, 0.3) is 0 Å². The molecular formula is C34H39Cl2N6O4S+. The van der Waals surface area contributed by atoms with Gasteiger partial charge in [-0.25, -0.2) is 18.3 Å². The molecule has 0 amide bonds. The highest BCUT2D eigenvalue weighted by molar-refractivity contribution is 7.90. The predicted octanol–water partition coefficient (Wildman–Crippen LogP) is 6.33. The number of aryl methyl sites for hydroxylation is 1. The van der Waals surface area contributed by atoms with E-state index in [9.17, 15) is 18.5 Å². The Morgan fingerprint density at radius 3 is 2.38 bits per heavy atom. The number of esters is 1. The minimum atomic E-state index is -3.13. The smallest absolute Gasteiger partial charge is 0.347 e. The lowest BCUT2D eigenvalue weighted by atomic mass is 9.75. The minimum absolute atomic E-state index is 0.0344. The molecule has 2 aliphatic rings. The molecule has 2 heterocycles. The molecule has 0 radical (unpaired) electrons. The van der Waals surface area contributed by atoms with Crippen LogP contribution in [0.1, 0.15) is 51.9 Å². The van der Waals surface area contributed by atoms with Gasteiger partial charge in [0.15, 0.2) is 11.1 Å². The van der Waals surface area contributed by atoms with E-state index in [4.69, 9.17) is 37.9 Å². The van der Waals surface area contributed by atoms with Crippen molar-refractivity contribution in [3.63, 3.8) is 0 Å². The van der Waals surface area contributed by atoms with Crippen LogP contribution in [0.4, 0.5) is 11.4 Å². The van der Waals surface area contributed by atoms with Crippen LogP contribution in [0.25, 0.3) is 17.0 Å². The number of anilines is 1. The van der Waals surface area contributed by atoms with Crippen molar-refractivity contribution in [3.8, 4) is 17.5 Å². The Hall–Kier alpha value is -3.72. The molecule has 1 aliphatic carbocycles. The SMILES string of the molecule is CCN(CCS(C)(=O)=O)c1ccc(N=C2C(C#N)=C(C(=O)OC3C(C)CC(C)CC3C)c3nc(-c4cc(Cl)cc(Cl)c4)[nH][n+]32)c(C)c1. The van der Waals surface area contributed by atoms with Crippen molar-refractivity contribution in [2.75, 3.05) is 30.0 Å². The topological polar surface area (TPSA) is 132 Å². The second kappa shape index (κ2) is 13.8. The molecule has 5 rings (SSSR count). The van der Waals surface area contributed by atoms with Crippen LogP contribution in [0.2, 0.25) is 10.0 Å². The van der Waals surface area contributed by atoms with Crippen molar-refractivity contribution >= 4 is 61.8 Å². The largest absolute Gasteiger partial charge is 0.458 e. The van der Waals surface area contributed by atoms with Crippen LogP contribution in [-0.4, -0.2) is 61.5 Å². The van der Waals surface area contributed by atoms with E-state index in [0.29, 0.717) is 46.1 Å². The first-order valence-corrected chi connectivity index (χ1v) is 18.5. The number of nitrogens with zero attached hydrogens (tertiary/aromatic N) is 5. The van der Waals surface area contributed by atoms with Gasteiger partial charge in [-0.3, -0.25) is 0 Å². The summed E-state index contributed by atoms with van der Waals surface area (Å²) in [4.78, 5) is 25.6. The maximum absolute atomic E-state index is 14.0. The molecule has 10 nitrogen and oxygen atoms in total. The van der Waals surface area contributed by atoms with Crippen molar-refractivity contribution in [1.82, 2.24) is 10.1 Å². The third-order valence-electron chi connectivity index (χ3n) is 8.81. The van der Waals surface area contributed by atoms with Gasteiger partial charge >= 0.3 is 17.6 Å². The van der Waals surface area contributed by atoms with E-state index < -0.39 is 15.8 Å². The summed E-state index contributed by atoms with van der Waals surface area (Å²) >= 11 is 12.6. The van der Waals surface area contributed by atoms with Gasteiger partial charge < -0.3 is 9.64 Å². The monoisotopic (exact) mass is 697 g/mol. The number of rotatable bonds is 9. The zero-order chi connectivity index (χ0) is 34.2. The number of carbonyl (C=O) groups is 1. The second-order valence-electron chi connectivity index (χ2n) is 12.8. The Morgan fingerprint density at radius 2 is 1.81 bits per heavy atom. The summed E-state index contributed by atoms with van der Waals surface area (Å²) in [5.41, 5.74) is 2.88. The Kier molecular flexibility index (Phi) is 10.2. The third kappa shape index (κ3) is 7.56. The number of benzene rings is 2. The van der Waals surface area contributed by atoms with E-state index in [2.05, 4.69) is 31.9 Å². The molecule has 3 aromatic rings. The van der Waals surface area contributed by atoms with Crippen LogP contribution >= 0.6 is 23.2 Å². The van der Waals surface area contributed by atoms with E-state index in [-0.39, 0.29) is 46.5 Å². The summed E-state index contributed by atoms with van der Waals surface area (Å²) in [6.45, 7) is 11.2. The van der Waals surface area contributed by atoms with E-state index in [0.717, 1.165) is 24.1 Å². The lowest BCUT2D eigenvalue weighted by Gasteiger charge is -2.37. The number of aromatic nitrogens is 3. The molecule has 1 aliphatic heterocycles. The normalized spacial score (nSPS) is 21.9. The first-order valence-electron chi connectivity index (χ1n) is 15.7. The summed E-state index contributed by atoms with van der Waals surface area (Å²) < 4.78 is 31.2. The van der Waals surface area contributed by atoms with Crippen LogP contribution in [0.15, 0.2) is 47.0 Å². The van der Waals surface area contributed by atoms with E-state index in [1.165, 1.54) is 10.9 Å². The lowest BCUT2D eigenvalue weighted by Crippen LogP contribution is -2.44. The third-order valence-corrected chi connectivity index (χ3v) is 10.2. The highest BCUT2D eigenvalue weighted by atomic mass is 35.5. The fourth-order valence-electron chi connectivity index (χ4n) is 6.65. The molecule has 2 aromatic carbocycles. The predicted molar refractivity (Wildman–Crippen MR) is 185 cm³/mol. The number of aromatic amines is 1. The van der Waals surface area contributed by atoms with Gasteiger partial charge in [0.2, 0.25) is 5.82 Å². The lowest BCUT2D eigenvalue weighted by molar-refractivity contribution is -0.616. The Balaban J connectivity index is 1.59. The van der Waals surface area contributed by atoms with E-state index in [1.807, 2.05) is 36.9 Å². The summed E-state index contributed by atoms with van der Waals surface area (Å²) in [6, 6.07) is 12.8. The Morgan fingerprint density at radius 1 is 1.15 bits per heavy atom. The number of ether oxygens (including phenoxy) is 1. The van der Waals surface area contributed by atoms with E-state index >= 15 is 0 Å². The quantitative estimate of drug-likeness (QED) is 0.204. The van der Waals surface area contributed by atoms with Gasteiger partial charge in [-0.15, -0.1) is 9.67 Å². The first kappa shape index (κ1) is 34.6. The molecule has 1 aromatic heterocycles. The fourth-order valence-corrected chi connectivity index (χ4v) is 7.73. The molecule has 248 valence electrons. The Labute approximate surface area is 286 Å². The molecule has 2 unspecified atom stereocenters. The number of nitrogens with one attached hydrogen (secondary N) is 1. The minimum Gasteiger partial charge on any atom is -0.458 e. The van der Waals surface area contributed by atoms with Crippen molar-refractivity contribution < 1.29 is 22.6 Å². The maximum atomic E-state index is 14.0. The van der Waals surface area contributed by atoms with Gasteiger partial charge in [-0.05, 0) is 86.4 Å². The number of fused-ring (bicyclic) bond motifs is 1. The number of H-pyrrole nitrogens is 1. The number of allylic oxidation sites excluding steroid dienone is 1. The van der Waals surface area contributed by atoms with Crippen molar-refractivity contribution in [2.45, 2.75) is 53.6 Å². The molecule has 1 fully saturated rings. The van der Waals surface area contributed by atoms with Crippen LogP contribution in [0, 0.1) is 36.0 Å². The molecular weight excluding hydrogens is 659 g/mol. The van der Waals surface area contributed by atoms with Gasteiger partial charge in [0.1, 0.15) is 27.7 Å². The number of halogens is 2. The van der Waals surface area contributed by atoms with E-state index in [1.54, 1.807) is 18.2 Å². The number of hydrogen-bond acceptors (Lipinski definition) is 8. The molecule has 13 heteroatoms. The average Bonchev–Trinajstić information content (AvgIpc) is 3.53. The fraction of sp³-hybridized carbons (Fsp3) is 0.441. The summed E-state index contributed by atoms with van der Waals surface area (Å²) in [6.07, 6.45) is 2.81. The van der Waals surface area contributed by atoms with Gasteiger partial charge in [0, 0.05) is 40.6 Å². The number of aliphatic imine (C=N–C) groups is 1. The number of hydrogen-bond donors (Lipinski definition) is 1. The molecule has 1 saturated carbocycles. The zero-order valence-electron chi connectivity index (χ0n) is 27.3. The van der Waals surface area contributed by atoms with Crippen LogP contribution in [-0.2, 0) is 19.4 Å². The van der Waals surface area contributed by atoms with Gasteiger partial charge in [0.05, 0.1) is 5.75 Å². The van der Waals surface area contributed by atoms with Crippen LogP contribution in [0.5, 0.6) is 0 Å². The zero-order valence-corrected chi connectivity index (χ0v) is 29.7. The van der Waals surface area contributed by atoms with Gasteiger partial charge in [-0.2, -0.15) is 5.26 Å². The molecule has 47 heavy (non-hydrogen) atoms. The van der Waals surface area contributed by atoms with Crippen LogP contribution < -0.4 is 9.58 Å². The second-order valence-corrected chi connectivity index (χ2v) is 15.9. The molecule has 2 atom stereocenters. The van der Waals surface area contributed by atoms with Crippen molar-refractivity contribution in [2.24, 2.45) is 22.7 Å². The average molecular weight is 699 g/mol. The summed E-state index contributed by atoms with van der Waals surface area (Å²) in [7, 11) is -3.13. The van der Waals surface area contributed by atoms with Crippen molar-refractivity contribution in [1.29, 1.82) is 5.26 Å². The number of carbonyl (C=O) groups excluding carboxylic acids is 1. The molecule has 0 saturated heterocycles. The summed E-state index contributed by atoms with van der Waals surface area (Å²) in [5, 5.41) is 14.5. The molecule has 0 bridgehead atoms. The summed E-state index contributed by atoms with van der Waals surface area (Å²) in [5.74, 6) is 1.05. The van der Waals surface area contributed by atoms with Gasteiger partial charge in [-0.1, -0.05) is 49.0 Å². The highest BCUT2D eigenvalue weighted by Crippen LogP contribution is 2.37. The Bertz CT molecular complexity index is 1900. The highest BCUT2D eigenvalue weighted by Gasteiger charge is 2.45. The molecule has 1 N–H and O–H groups in total. The first-order chi connectivity index (χ1) is 22.2. The molecule has 0 spiro atoms. The van der Waals surface area contributed by atoms with Crippen molar-refractivity contribution in [3.05, 3.63) is 63.4 Å². The van der Waals surface area contributed by atoms with Crippen LogP contribution in [0.3, 0.4) is 0 Å². The number of sulfone groups is 1. The maximum Gasteiger partial charge on any atom is 0.347 e. The number of nitriles is 1. The standard InChI is InChI=1S/C34H38Cl2N6O4S/c1-7-41(10-11-47(6,44)45)26-8-9-28(20(3)14-26)38-32-27(18-37)29(34(43)46-30-21(4)12-19(2)13-22(30)5)33-39-31(40-42(32)33)23-15-24(35)17-25(36)16-23/h8-9,14-17,19,21-22,30H,7,10-13H2,1-6H3/p+1.